The lowest BCUT2D eigenvalue weighted by Gasteiger charge is -2.25. The maximum absolute atomic E-state index is 13.1. The number of rotatable bonds is 8. The molecule has 1 fully saturated rings. The van der Waals surface area contributed by atoms with Gasteiger partial charge in [0.25, 0.3) is 0 Å². The van der Waals surface area contributed by atoms with Crippen molar-refractivity contribution in [3.8, 4) is 0 Å². The largest absolute Gasteiger partial charge is 0.529 e. The zero-order valence-corrected chi connectivity index (χ0v) is 23.4. The molecule has 1 amide bonds. The highest BCUT2D eigenvalue weighted by molar-refractivity contribution is 7.48. The molecule has 0 spiro atoms. The van der Waals surface area contributed by atoms with E-state index in [1.807, 2.05) is 0 Å². The minimum Gasteiger partial charge on any atom is -0.449 e. The van der Waals surface area contributed by atoms with Crippen LogP contribution in [0.25, 0.3) is 11.2 Å². The highest BCUT2D eigenvalue weighted by Gasteiger charge is 2.57. The fraction of sp³-hybridized carbons (Fsp3) is 0.500. The van der Waals surface area contributed by atoms with Crippen LogP contribution in [0.3, 0.4) is 0 Å². The summed E-state index contributed by atoms with van der Waals surface area (Å²) in [6.45, 7) is -1.89. The monoisotopic (exact) mass is 765 g/mol. The van der Waals surface area contributed by atoms with E-state index in [1.165, 1.54) is 5.32 Å². The zero-order chi connectivity index (χ0) is 36.8. The fourth-order valence-corrected chi connectivity index (χ4v) is 4.27. The molecule has 1 unspecified atom stereocenters. The minimum atomic E-state index is -6.21. The summed E-state index contributed by atoms with van der Waals surface area (Å²) in [6, 6.07) is 0. The Morgan fingerprint density at radius 2 is 1.40 bits per heavy atom. The summed E-state index contributed by atoms with van der Waals surface area (Å²) in [4.78, 5) is 65.3. The number of hydrogen-bond acceptors (Lipinski definition) is 13. The number of alkyl halides is 12. The number of fused-ring (bicyclic) bond motifs is 1. The summed E-state index contributed by atoms with van der Waals surface area (Å²) >= 11 is 5.62. The Morgan fingerprint density at radius 3 is 1.90 bits per heavy atom. The van der Waals surface area contributed by atoms with Crippen molar-refractivity contribution in [3.63, 3.8) is 0 Å². The molecular formula is C18H9ClF12N5O11P. The molecule has 1 aliphatic heterocycles. The number of phosphoric acid groups is 1. The number of nitrogens with one attached hydrogen (secondary N) is 1. The summed E-state index contributed by atoms with van der Waals surface area (Å²) in [5.41, 5.74) is -1.84. The summed E-state index contributed by atoms with van der Waals surface area (Å²) in [5, 5.41) is 0.166. The predicted molar refractivity (Wildman–Crippen MR) is 119 cm³/mol. The number of imidazole rings is 1. The molecule has 0 radical (unpaired) electrons. The van der Waals surface area contributed by atoms with E-state index in [9.17, 15) is 81.3 Å². The first-order valence-electron chi connectivity index (χ1n) is 11.4. The van der Waals surface area contributed by atoms with E-state index in [1.54, 1.807) is 0 Å². The van der Waals surface area contributed by atoms with Crippen molar-refractivity contribution in [2.75, 3.05) is 11.9 Å². The number of aromatic nitrogens is 4. The van der Waals surface area contributed by atoms with Gasteiger partial charge in [-0.1, -0.05) is 0 Å². The molecule has 48 heavy (non-hydrogen) atoms. The molecule has 0 bridgehead atoms. The third-order valence-corrected chi connectivity index (χ3v) is 6.26. The molecule has 3 heterocycles. The van der Waals surface area contributed by atoms with E-state index >= 15 is 0 Å². The summed E-state index contributed by atoms with van der Waals surface area (Å²) in [6.07, 6.45) is -34.3. The number of nitrogens with zero attached hydrogens (tertiary/aromatic N) is 4. The first-order chi connectivity index (χ1) is 21.6. The second kappa shape index (κ2) is 13.1. The molecule has 3 rings (SSSR count). The smallest absolute Gasteiger partial charge is 0.449 e. The third kappa shape index (κ3) is 9.11. The number of anilines is 1. The Kier molecular flexibility index (Phi) is 10.5. The molecule has 1 saturated heterocycles. The van der Waals surface area contributed by atoms with E-state index in [4.69, 9.17) is 16.3 Å². The molecule has 0 aliphatic carbocycles. The van der Waals surface area contributed by atoms with Gasteiger partial charge in [-0.25, -0.2) is 23.9 Å². The van der Waals surface area contributed by atoms with Gasteiger partial charge in [0.05, 0.1) is 12.9 Å². The van der Waals surface area contributed by atoms with Crippen molar-refractivity contribution in [1.82, 2.24) is 19.5 Å². The Hall–Kier alpha value is -4.01. The molecular weight excluding hydrogens is 757 g/mol. The minimum absolute atomic E-state index is 0.261. The zero-order valence-electron chi connectivity index (χ0n) is 21.8. The molecule has 2 aromatic heterocycles. The van der Waals surface area contributed by atoms with Crippen LogP contribution in [0.1, 0.15) is 6.23 Å². The van der Waals surface area contributed by atoms with Gasteiger partial charge in [0, 0.05) is 0 Å². The van der Waals surface area contributed by atoms with Gasteiger partial charge in [-0.15, -0.1) is 0 Å². The molecule has 0 saturated carbocycles. The fourth-order valence-electron chi connectivity index (χ4n) is 3.41. The van der Waals surface area contributed by atoms with E-state index in [-0.39, 0.29) is 4.57 Å². The van der Waals surface area contributed by atoms with Gasteiger partial charge >= 0.3 is 56.3 Å². The second-order valence-electron chi connectivity index (χ2n) is 8.56. The van der Waals surface area contributed by atoms with E-state index in [0.717, 1.165) is 0 Å². The van der Waals surface area contributed by atoms with Crippen LogP contribution in [-0.4, -0.2) is 97.9 Å². The molecule has 268 valence electrons. The lowest BCUT2D eigenvalue weighted by molar-refractivity contribution is -0.221. The van der Waals surface area contributed by atoms with E-state index in [2.05, 4.69) is 33.5 Å². The molecule has 5 atom stereocenters. The SMILES string of the molecule is O=C(Nc1nc(Cl)nc2c1ncn2[C@@H]1O[C@H](COP(=O)(O)OC(=O)C(F)(F)F)[C@@H](OC(=O)C(F)(F)F)[C@H]1OC(=O)C(F)(F)F)C(F)(F)F. The van der Waals surface area contributed by atoms with Crippen LogP contribution in [0.5, 0.6) is 0 Å². The Labute approximate surface area is 257 Å². The Bertz CT molecular complexity index is 1650. The van der Waals surface area contributed by atoms with Gasteiger partial charge in [0.2, 0.25) is 5.28 Å². The topological polar surface area (TPSA) is 207 Å². The normalized spacial score (nSPS) is 21.8. The van der Waals surface area contributed by atoms with Crippen molar-refractivity contribution in [2.45, 2.75) is 49.2 Å². The number of phosphoric ester groups is 1. The summed E-state index contributed by atoms with van der Waals surface area (Å²) < 4.78 is 187. The number of esters is 2. The Balaban J connectivity index is 2.13. The first-order valence-corrected chi connectivity index (χ1v) is 13.3. The molecule has 2 N–H and O–H groups in total. The van der Waals surface area contributed by atoms with Gasteiger partial charge in [-0.2, -0.15) is 62.7 Å². The maximum atomic E-state index is 13.1. The molecule has 2 aromatic rings. The summed E-state index contributed by atoms with van der Waals surface area (Å²) in [7, 11) is -6.21. The van der Waals surface area contributed by atoms with Crippen LogP contribution >= 0.6 is 19.4 Å². The highest BCUT2D eigenvalue weighted by atomic mass is 35.5. The average Bonchev–Trinajstić information content (AvgIpc) is 3.46. The van der Waals surface area contributed by atoms with E-state index < -0.39 is 110 Å². The van der Waals surface area contributed by atoms with Gasteiger partial charge in [0.15, 0.2) is 35.4 Å². The maximum Gasteiger partial charge on any atom is 0.529 e. The number of ether oxygens (including phenoxy) is 3. The van der Waals surface area contributed by atoms with Gasteiger partial charge in [0.1, 0.15) is 6.10 Å². The van der Waals surface area contributed by atoms with Crippen molar-refractivity contribution in [1.29, 1.82) is 0 Å². The average molecular weight is 766 g/mol. The second-order valence-corrected chi connectivity index (χ2v) is 10.3. The number of amides is 1. The number of carbonyl (C=O) groups excluding carboxylic acids is 4. The van der Waals surface area contributed by atoms with Gasteiger partial charge < -0.3 is 24.1 Å². The molecule has 1 aliphatic rings. The molecule has 0 aromatic carbocycles. The van der Waals surface area contributed by atoms with Crippen LogP contribution < -0.4 is 5.32 Å². The predicted octanol–water partition coefficient (Wildman–Crippen LogP) is 3.05. The highest BCUT2D eigenvalue weighted by Crippen LogP contribution is 2.47. The Morgan fingerprint density at radius 1 is 0.875 bits per heavy atom. The standard InChI is InChI=1S/C18H9ClF12N5O11P/c19-14-34-7(33-10(37)15(20,21)22)4-8(35-14)36(2-32-4)9-6(46-12(39)17(26,27)28)5(45-11(38)16(23,24)25)3(44-9)1-43-48(41,42)47-13(40)18(29,30)31/h2-3,5-6,9H,1H2,(H,41,42)(H,33,34,35,37)/t3-,5-,6-,9-/m1/s1. The van der Waals surface area contributed by atoms with Gasteiger partial charge in [-0.05, 0) is 11.6 Å². The van der Waals surface area contributed by atoms with E-state index in [0.29, 0.717) is 6.33 Å². The van der Waals surface area contributed by atoms with Gasteiger partial charge in [-0.3, -0.25) is 18.8 Å². The van der Waals surface area contributed by atoms with Crippen LogP contribution in [0, 0.1) is 0 Å². The van der Waals surface area contributed by atoms with Crippen LogP contribution in [0.15, 0.2) is 6.33 Å². The van der Waals surface area contributed by atoms with Crippen molar-refractivity contribution < 1.29 is 105 Å². The van der Waals surface area contributed by atoms with Crippen molar-refractivity contribution in [3.05, 3.63) is 11.6 Å². The molecule has 30 heteroatoms. The van der Waals surface area contributed by atoms with Crippen molar-refractivity contribution >= 4 is 60.2 Å². The first kappa shape index (κ1) is 38.4. The number of halogens is 13. The third-order valence-electron chi connectivity index (χ3n) is 5.22. The summed E-state index contributed by atoms with van der Waals surface area (Å²) in [5.74, 6) is -13.6. The van der Waals surface area contributed by atoms with Crippen LogP contribution in [0.4, 0.5) is 58.5 Å². The van der Waals surface area contributed by atoms with Crippen molar-refractivity contribution in [2.24, 2.45) is 0 Å². The number of carbonyl (C=O) groups is 4. The lowest BCUT2D eigenvalue weighted by Crippen LogP contribution is -2.45. The quantitative estimate of drug-likeness (QED) is 0.172. The van der Waals surface area contributed by atoms with Crippen LogP contribution in [0.2, 0.25) is 5.28 Å². The number of hydrogen-bond donors (Lipinski definition) is 2. The lowest BCUT2D eigenvalue weighted by atomic mass is 10.1. The van der Waals surface area contributed by atoms with Crippen LogP contribution in [-0.2, 0) is 47.0 Å². The molecule has 16 nitrogen and oxygen atoms in total.